The highest BCUT2D eigenvalue weighted by Crippen LogP contribution is 2.32. The van der Waals surface area contributed by atoms with Crippen molar-refractivity contribution in [2.24, 2.45) is 0 Å². The maximum atomic E-state index is 13.2. The topological polar surface area (TPSA) is 86.9 Å². The Kier molecular flexibility index (Phi) is 6.99. The minimum Gasteiger partial charge on any atom is -0.360 e. The summed E-state index contributed by atoms with van der Waals surface area (Å²) in [7, 11) is -1.12. The zero-order valence-corrected chi connectivity index (χ0v) is 21.6. The van der Waals surface area contributed by atoms with Gasteiger partial charge in [-0.25, -0.2) is 9.67 Å². The van der Waals surface area contributed by atoms with E-state index < -0.39 is 14.0 Å². The Bertz CT molecular complexity index is 1180. The number of pyridine rings is 1. The number of ether oxygens (including phenoxy) is 1. The largest absolute Gasteiger partial charge is 0.360 e. The molecule has 10 heteroatoms. The van der Waals surface area contributed by atoms with E-state index in [4.69, 9.17) is 9.84 Å². The highest BCUT2D eigenvalue weighted by atomic mass is 28.3. The first-order valence-electron chi connectivity index (χ1n) is 11.7. The van der Waals surface area contributed by atoms with Crippen molar-refractivity contribution in [3.63, 3.8) is 0 Å². The average molecular weight is 485 g/mol. The molecular weight excluding hydrogens is 451 g/mol. The molecule has 0 fully saturated rings. The molecule has 0 unspecified atom stereocenters. The van der Waals surface area contributed by atoms with Crippen molar-refractivity contribution in [1.82, 2.24) is 29.9 Å². The zero-order valence-electron chi connectivity index (χ0n) is 20.6. The van der Waals surface area contributed by atoms with Gasteiger partial charge in [0.2, 0.25) is 5.95 Å². The first-order chi connectivity index (χ1) is 16.1. The third kappa shape index (κ3) is 5.61. The molecule has 1 amide bonds. The van der Waals surface area contributed by atoms with E-state index in [2.05, 4.69) is 42.0 Å². The van der Waals surface area contributed by atoms with Gasteiger partial charge < -0.3 is 10.1 Å². The van der Waals surface area contributed by atoms with Gasteiger partial charge in [-0.3, -0.25) is 9.48 Å². The lowest BCUT2D eigenvalue weighted by atomic mass is 10.2. The van der Waals surface area contributed by atoms with Crippen LogP contribution in [0.15, 0.2) is 24.5 Å². The molecule has 182 valence electrons. The van der Waals surface area contributed by atoms with E-state index >= 15 is 0 Å². The second-order valence-electron chi connectivity index (χ2n) is 10.2. The van der Waals surface area contributed by atoms with E-state index in [9.17, 15) is 9.18 Å². The quantitative estimate of drug-likeness (QED) is 0.282. The van der Waals surface area contributed by atoms with Crippen molar-refractivity contribution < 1.29 is 13.9 Å². The van der Waals surface area contributed by atoms with Crippen molar-refractivity contribution in [3.8, 4) is 0 Å². The van der Waals surface area contributed by atoms with E-state index in [-0.39, 0.29) is 11.9 Å². The van der Waals surface area contributed by atoms with Crippen LogP contribution in [-0.4, -0.2) is 45.1 Å². The second-order valence-corrected chi connectivity index (χ2v) is 15.8. The van der Waals surface area contributed by atoms with E-state index in [1.54, 1.807) is 30.1 Å². The van der Waals surface area contributed by atoms with Gasteiger partial charge in [-0.05, 0) is 49.9 Å². The van der Waals surface area contributed by atoms with Crippen LogP contribution in [0.4, 0.5) is 4.39 Å². The number of hydrogen-bond donors (Lipinski definition) is 1. The molecule has 3 heterocycles. The first-order valence-corrected chi connectivity index (χ1v) is 15.4. The van der Waals surface area contributed by atoms with Crippen LogP contribution in [0.2, 0.25) is 25.7 Å². The Labute approximate surface area is 200 Å². The fraction of sp³-hybridized carbons (Fsp3) is 0.500. The van der Waals surface area contributed by atoms with Crippen LogP contribution >= 0.6 is 0 Å². The molecule has 0 saturated carbocycles. The number of carbonyl (C=O) groups excluding carboxylic acids is 1. The number of halogens is 1. The van der Waals surface area contributed by atoms with Crippen LogP contribution in [0.3, 0.4) is 0 Å². The number of nitrogens with one attached hydrogen (secondary N) is 1. The molecule has 0 spiro atoms. The fourth-order valence-electron chi connectivity index (χ4n) is 4.13. The SMILES string of the molecule is Cc1nc(F)ccc1Cn1cc(C(=O)N[C@@H]2CCc3c2nn(COCC[Si](C)(C)C)c3C)cn1. The molecule has 8 nitrogen and oxygen atoms in total. The van der Waals surface area contributed by atoms with Gasteiger partial charge in [0.25, 0.3) is 5.91 Å². The van der Waals surface area contributed by atoms with E-state index in [0.717, 1.165) is 42.4 Å². The van der Waals surface area contributed by atoms with Crippen molar-refractivity contribution in [2.75, 3.05) is 6.61 Å². The number of carbonyl (C=O) groups is 1. The summed E-state index contributed by atoms with van der Waals surface area (Å²) in [4.78, 5) is 16.7. The minimum absolute atomic E-state index is 0.128. The molecule has 1 N–H and O–H groups in total. The molecular formula is C24H33FN6O2Si. The maximum Gasteiger partial charge on any atom is 0.255 e. The Morgan fingerprint density at radius 2 is 2.09 bits per heavy atom. The normalized spacial score (nSPS) is 15.5. The van der Waals surface area contributed by atoms with Gasteiger partial charge in [0.15, 0.2) is 0 Å². The number of hydrogen-bond acceptors (Lipinski definition) is 5. The molecule has 1 atom stereocenters. The lowest BCUT2D eigenvalue weighted by molar-refractivity contribution is 0.0764. The smallest absolute Gasteiger partial charge is 0.255 e. The number of aromatic nitrogens is 5. The Hall–Kier alpha value is -2.85. The predicted molar refractivity (Wildman–Crippen MR) is 130 cm³/mol. The van der Waals surface area contributed by atoms with Gasteiger partial charge >= 0.3 is 0 Å². The van der Waals surface area contributed by atoms with Gasteiger partial charge in [-0.15, -0.1) is 0 Å². The third-order valence-corrected chi connectivity index (χ3v) is 7.98. The van der Waals surface area contributed by atoms with Gasteiger partial charge in [0.1, 0.15) is 6.73 Å². The molecule has 0 aromatic carbocycles. The van der Waals surface area contributed by atoms with Crippen LogP contribution in [0.5, 0.6) is 0 Å². The van der Waals surface area contributed by atoms with E-state index in [1.165, 1.54) is 11.6 Å². The Morgan fingerprint density at radius 1 is 1.29 bits per heavy atom. The molecule has 1 aliphatic carbocycles. The molecule has 0 bridgehead atoms. The van der Waals surface area contributed by atoms with Crippen molar-refractivity contribution >= 4 is 14.0 Å². The van der Waals surface area contributed by atoms with E-state index in [1.807, 2.05) is 4.68 Å². The standard InChI is InChI=1S/C24H33FN6O2Si/c1-16-18(6-9-22(25)27-16)13-30-14-19(12-26-30)24(32)28-21-8-7-20-17(2)31(29-23(20)21)15-33-10-11-34(3,4)5/h6,9,12,14,21H,7-8,10-11,13,15H2,1-5H3,(H,28,32)/t21-/m1/s1. The monoisotopic (exact) mass is 484 g/mol. The average Bonchev–Trinajstić information content (AvgIpc) is 3.45. The van der Waals surface area contributed by atoms with Crippen LogP contribution in [0.1, 0.15) is 51.0 Å². The zero-order chi connectivity index (χ0) is 24.5. The third-order valence-electron chi connectivity index (χ3n) is 6.28. The fourth-order valence-corrected chi connectivity index (χ4v) is 4.88. The summed E-state index contributed by atoms with van der Waals surface area (Å²) in [5.41, 5.74) is 5.18. The van der Waals surface area contributed by atoms with Crippen LogP contribution in [0.25, 0.3) is 0 Å². The summed E-state index contributed by atoms with van der Waals surface area (Å²) in [5.74, 6) is -0.690. The lowest BCUT2D eigenvalue weighted by Crippen LogP contribution is -2.27. The molecule has 3 aromatic rings. The van der Waals surface area contributed by atoms with Gasteiger partial charge in [0.05, 0.1) is 30.0 Å². The van der Waals surface area contributed by atoms with Gasteiger partial charge in [0, 0.05) is 32.3 Å². The van der Waals surface area contributed by atoms with Crippen molar-refractivity contribution in [1.29, 1.82) is 0 Å². The molecule has 4 rings (SSSR count). The Morgan fingerprint density at radius 3 is 2.82 bits per heavy atom. The van der Waals surface area contributed by atoms with Crippen LogP contribution in [-0.2, 0) is 24.4 Å². The molecule has 34 heavy (non-hydrogen) atoms. The molecule has 0 radical (unpaired) electrons. The second kappa shape index (κ2) is 9.79. The lowest BCUT2D eigenvalue weighted by Gasteiger charge is -2.16. The summed E-state index contributed by atoms with van der Waals surface area (Å²) in [6.07, 6.45) is 4.96. The summed E-state index contributed by atoms with van der Waals surface area (Å²) in [6, 6.07) is 4.01. The highest BCUT2D eigenvalue weighted by molar-refractivity contribution is 6.76. The summed E-state index contributed by atoms with van der Waals surface area (Å²) in [6.45, 7) is 12.4. The number of amides is 1. The van der Waals surface area contributed by atoms with Crippen LogP contribution in [0, 0.1) is 19.8 Å². The number of aryl methyl sites for hydroxylation is 1. The summed E-state index contributed by atoms with van der Waals surface area (Å²) >= 11 is 0. The van der Waals surface area contributed by atoms with E-state index in [0.29, 0.717) is 24.5 Å². The highest BCUT2D eigenvalue weighted by Gasteiger charge is 2.30. The van der Waals surface area contributed by atoms with Crippen molar-refractivity contribution in [2.45, 2.75) is 71.7 Å². The predicted octanol–water partition coefficient (Wildman–Crippen LogP) is 4.01. The number of rotatable bonds is 9. The first kappa shape index (κ1) is 24.3. The van der Waals surface area contributed by atoms with Gasteiger partial charge in [-0.1, -0.05) is 25.7 Å². The Balaban J connectivity index is 1.37. The molecule has 0 saturated heterocycles. The summed E-state index contributed by atoms with van der Waals surface area (Å²) < 4.78 is 22.7. The van der Waals surface area contributed by atoms with Crippen LogP contribution < -0.4 is 5.32 Å². The summed E-state index contributed by atoms with van der Waals surface area (Å²) in [5, 5.41) is 12.2. The molecule has 3 aromatic heterocycles. The molecule has 0 aliphatic heterocycles. The number of nitrogens with zero attached hydrogens (tertiary/aromatic N) is 5. The maximum absolute atomic E-state index is 13.2. The number of fused-ring (bicyclic) bond motifs is 1. The van der Waals surface area contributed by atoms with Gasteiger partial charge in [-0.2, -0.15) is 14.6 Å². The molecule has 1 aliphatic rings. The minimum atomic E-state index is -1.12. The van der Waals surface area contributed by atoms with Crippen molar-refractivity contribution in [3.05, 3.63) is 64.2 Å².